The molecule has 0 bridgehead atoms. The van der Waals surface area contributed by atoms with E-state index in [2.05, 4.69) is 15.2 Å². The van der Waals surface area contributed by atoms with Gasteiger partial charge in [0, 0.05) is 16.8 Å². The molecular formula is C22H22F3N3O2. The number of aromatic nitrogens is 2. The van der Waals surface area contributed by atoms with Crippen molar-refractivity contribution in [2.75, 3.05) is 0 Å². The van der Waals surface area contributed by atoms with Crippen LogP contribution in [0.2, 0.25) is 0 Å². The summed E-state index contributed by atoms with van der Waals surface area (Å²) in [6.45, 7) is 2.39. The monoisotopic (exact) mass is 417 g/mol. The SMILES string of the molecule is Cc1nn(-c2ccc(F)cc2)c(C)c1CC(=O)NC(C)c1ccccc1OC(F)F. The lowest BCUT2D eigenvalue weighted by Crippen LogP contribution is -2.29. The second-order valence-corrected chi connectivity index (χ2v) is 6.92. The molecule has 0 saturated heterocycles. The van der Waals surface area contributed by atoms with Crippen molar-refractivity contribution in [3.63, 3.8) is 0 Å². The normalized spacial score (nSPS) is 12.1. The smallest absolute Gasteiger partial charge is 0.387 e. The van der Waals surface area contributed by atoms with Gasteiger partial charge < -0.3 is 10.1 Å². The van der Waals surface area contributed by atoms with Crippen LogP contribution in [0.1, 0.15) is 35.5 Å². The van der Waals surface area contributed by atoms with Crippen molar-refractivity contribution in [3.8, 4) is 11.4 Å². The number of alkyl halides is 2. The molecule has 0 fully saturated rings. The number of amides is 1. The number of hydrogen-bond donors (Lipinski definition) is 1. The fourth-order valence-electron chi connectivity index (χ4n) is 3.34. The molecule has 5 nitrogen and oxygen atoms in total. The van der Waals surface area contributed by atoms with Gasteiger partial charge >= 0.3 is 6.61 Å². The third-order valence-corrected chi connectivity index (χ3v) is 4.83. The van der Waals surface area contributed by atoms with Crippen molar-refractivity contribution in [3.05, 3.63) is 76.9 Å². The van der Waals surface area contributed by atoms with Crippen molar-refractivity contribution in [1.82, 2.24) is 15.1 Å². The minimum absolute atomic E-state index is 0.0248. The lowest BCUT2D eigenvalue weighted by Gasteiger charge is -2.18. The summed E-state index contributed by atoms with van der Waals surface area (Å²) in [6.07, 6.45) is 0.0705. The third-order valence-electron chi connectivity index (χ3n) is 4.83. The number of hydrogen-bond acceptors (Lipinski definition) is 3. The highest BCUT2D eigenvalue weighted by Crippen LogP contribution is 2.26. The summed E-state index contributed by atoms with van der Waals surface area (Å²) in [5.41, 5.74) is 3.35. The first kappa shape index (κ1) is 21.4. The van der Waals surface area contributed by atoms with Crippen LogP contribution < -0.4 is 10.1 Å². The van der Waals surface area contributed by atoms with E-state index in [-0.39, 0.29) is 23.9 Å². The van der Waals surface area contributed by atoms with Gasteiger partial charge in [-0.25, -0.2) is 9.07 Å². The van der Waals surface area contributed by atoms with Gasteiger partial charge in [-0.15, -0.1) is 0 Å². The topological polar surface area (TPSA) is 56.2 Å². The highest BCUT2D eigenvalue weighted by Gasteiger charge is 2.20. The van der Waals surface area contributed by atoms with Crippen molar-refractivity contribution < 1.29 is 22.7 Å². The van der Waals surface area contributed by atoms with Crippen LogP contribution in [-0.4, -0.2) is 22.3 Å². The molecular weight excluding hydrogens is 395 g/mol. The molecule has 0 spiro atoms. The molecule has 2 aromatic carbocycles. The molecule has 8 heteroatoms. The predicted molar refractivity (Wildman–Crippen MR) is 106 cm³/mol. The molecule has 1 atom stereocenters. The number of carbonyl (C=O) groups excluding carboxylic acids is 1. The number of para-hydroxylation sites is 1. The summed E-state index contributed by atoms with van der Waals surface area (Å²) in [4.78, 5) is 12.6. The van der Waals surface area contributed by atoms with Crippen molar-refractivity contribution in [2.45, 2.75) is 39.8 Å². The van der Waals surface area contributed by atoms with E-state index in [4.69, 9.17) is 0 Å². The van der Waals surface area contributed by atoms with Crippen LogP contribution in [0.4, 0.5) is 13.2 Å². The van der Waals surface area contributed by atoms with Gasteiger partial charge in [0.05, 0.1) is 23.8 Å². The molecule has 0 saturated carbocycles. The Bertz CT molecular complexity index is 1030. The molecule has 1 aromatic heterocycles. The minimum atomic E-state index is -2.95. The molecule has 0 radical (unpaired) electrons. The Morgan fingerprint density at radius 3 is 2.47 bits per heavy atom. The Hall–Kier alpha value is -3.29. The highest BCUT2D eigenvalue weighted by molar-refractivity contribution is 5.79. The summed E-state index contributed by atoms with van der Waals surface area (Å²) in [5, 5.41) is 7.28. The summed E-state index contributed by atoms with van der Waals surface area (Å²) >= 11 is 0. The fraction of sp³-hybridized carbons (Fsp3) is 0.273. The van der Waals surface area contributed by atoms with E-state index < -0.39 is 12.7 Å². The molecule has 0 aliphatic rings. The van der Waals surface area contributed by atoms with Crippen LogP contribution in [0.25, 0.3) is 5.69 Å². The number of carbonyl (C=O) groups is 1. The molecule has 3 aromatic rings. The number of benzene rings is 2. The Morgan fingerprint density at radius 1 is 1.13 bits per heavy atom. The van der Waals surface area contributed by atoms with Crippen molar-refractivity contribution in [1.29, 1.82) is 0 Å². The second kappa shape index (κ2) is 9.02. The zero-order valence-electron chi connectivity index (χ0n) is 16.8. The first-order valence-corrected chi connectivity index (χ1v) is 9.40. The fourth-order valence-corrected chi connectivity index (χ4v) is 3.34. The summed E-state index contributed by atoms with van der Waals surface area (Å²) in [7, 11) is 0. The Kier molecular flexibility index (Phi) is 6.44. The number of ether oxygens (including phenoxy) is 1. The molecule has 0 aliphatic heterocycles. The van der Waals surface area contributed by atoms with Crippen molar-refractivity contribution >= 4 is 5.91 Å². The van der Waals surface area contributed by atoms with Crippen LogP contribution in [0.5, 0.6) is 5.75 Å². The Morgan fingerprint density at radius 2 is 1.80 bits per heavy atom. The summed E-state index contributed by atoms with van der Waals surface area (Å²) in [5.74, 6) is -0.596. The van der Waals surface area contributed by atoms with Gasteiger partial charge in [-0.1, -0.05) is 18.2 Å². The predicted octanol–water partition coefficient (Wildman–Crippen LogP) is 4.65. The minimum Gasteiger partial charge on any atom is -0.434 e. The maximum atomic E-state index is 13.2. The highest BCUT2D eigenvalue weighted by atomic mass is 19.3. The average molecular weight is 417 g/mol. The molecule has 1 N–H and O–H groups in total. The zero-order chi connectivity index (χ0) is 21.8. The van der Waals surface area contributed by atoms with E-state index >= 15 is 0 Å². The van der Waals surface area contributed by atoms with Crippen LogP contribution >= 0.6 is 0 Å². The standard InChI is InChI=1S/C22H22F3N3O2/c1-13(18-6-4-5-7-20(18)30-22(24)25)26-21(29)12-19-14(2)27-28(15(19)3)17-10-8-16(23)9-11-17/h4-11,13,22H,12H2,1-3H3,(H,26,29). The molecule has 30 heavy (non-hydrogen) atoms. The number of nitrogens with zero attached hydrogens (tertiary/aromatic N) is 2. The largest absolute Gasteiger partial charge is 0.434 e. The summed E-state index contributed by atoms with van der Waals surface area (Å²) in [6, 6.07) is 11.7. The molecule has 158 valence electrons. The maximum absolute atomic E-state index is 13.2. The molecule has 0 aliphatic carbocycles. The van der Waals surface area contributed by atoms with Gasteiger partial charge in [-0.3, -0.25) is 4.79 Å². The van der Waals surface area contributed by atoms with E-state index in [0.717, 1.165) is 11.3 Å². The zero-order valence-corrected chi connectivity index (χ0v) is 16.8. The molecule has 1 heterocycles. The van der Waals surface area contributed by atoms with Crippen LogP contribution in [0, 0.1) is 19.7 Å². The Labute approximate surface area is 172 Å². The quantitative estimate of drug-likeness (QED) is 0.609. The van der Waals surface area contributed by atoms with Gasteiger partial charge in [-0.2, -0.15) is 13.9 Å². The maximum Gasteiger partial charge on any atom is 0.387 e. The van der Waals surface area contributed by atoms with Gasteiger partial charge in [0.15, 0.2) is 0 Å². The van der Waals surface area contributed by atoms with Crippen LogP contribution in [0.3, 0.4) is 0 Å². The van der Waals surface area contributed by atoms with E-state index in [1.54, 1.807) is 48.9 Å². The van der Waals surface area contributed by atoms with Crippen LogP contribution in [0.15, 0.2) is 48.5 Å². The third kappa shape index (κ3) is 4.82. The molecule has 3 rings (SSSR count). The lowest BCUT2D eigenvalue weighted by molar-refractivity contribution is -0.121. The van der Waals surface area contributed by atoms with Gasteiger partial charge in [-0.05, 0) is 51.1 Å². The van der Waals surface area contributed by atoms with Gasteiger partial charge in [0.2, 0.25) is 5.91 Å². The first-order chi connectivity index (χ1) is 14.3. The second-order valence-electron chi connectivity index (χ2n) is 6.92. The van der Waals surface area contributed by atoms with Gasteiger partial charge in [0.25, 0.3) is 0 Å². The van der Waals surface area contributed by atoms with Crippen molar-refractivity contribution in [2.24, 2.45) is 0 Å². The van der Waals surface area contributed by atoms with E-state index in [9.17, 15) is 18.0 Å². The van der Waals surface area contributed by atoms with E-state index in [1.165, 1.54) is 18.2 Å². The van der Waals surface area contributed by atoms with Crippen LogP contribution in [-0.2, 0) is 11.2 Å². The number of nitrogens with one attached hydrogen (secondary N) is 1. The lowest BCUT2D eigenvalue weighted by atomic mass is 10.1. The number of halogens is 3. The number of rotatable bonds is 7. The van der Waals surface area contributed by atoms with E-state index in [1.807, 2.05) is 6.92 Å². The molecule has 1 amide bonds. The first-order valence-electron chi connectivity index (χ1n) is 9.40. The van der Waals surface area contributed by atoms with Gasteiger partial charge in [0.1, 0.15) is 11.6 Å². The van der Waals surface area contributed by atoms with E-state index in [0.29, 0.717) is 16.9 Å². The summed E-state index contributed by atoms with van der Waals surface area (Å²) < 4.78 is 44.6. The Balaban J connectivity index is 1.75. The number of aryl methyl sites for hydroxylation is 1. The molecule has 1 unspecified atom stereocenters. The average Bonchev–Trinajstić information content (AvgIpc) is 2.96.